The Kier molecular flexibility index (Phi) is 5.86. The fourth-order valence-corrected chi connectivity index (χ4v) is 4.53. The molecule has 1 aliphatic heterocycles. The van der Waals surface area contributed by atoms with E-state index in [1.54, 1.807) is 11.3 Å². The molecule has 1 saturated heterocycles. The maximum Gasteiger partial charge on any atom is 0.263 e. The van der Waals surface area contributed by atoms with Crippen LogP contribution in [0.4, 0.5) is 0 Å². The number of nitrogens with zero attached hydrogens (tertiary/aromatic N) is 2. The van der Waals surface area contributed by atoms with Crippen LogP contribution in [0, 0.1) is 5.92 Å². The lowest BCUT2D eigenvalue weighted by molar-refractivity contribution is -0.124. The van der Waals surface area contributed by atoms with Gasteiger partial charge in [-0.05, 0) is 24.3 Å². The zero-order chi connectivity index (χ0) is 17.8. The molecule has 1 atom stereocenters. The first-order valence-electron chi connectivity index (χ1n) is 8.59. The second kappa shape index (κ2) is 8.10. The zero-order valence-electron chi connectivity index (χ0n) is 14.5. The summed E-state index contributed by atoms with van der Waals surface area (Å²) in [6.07, 6.45) is 2.06. The van der Waals surface area contributed by atoms with Gasteiger partial charge in [0.25, 0.3) is 5.91 Å². The quantitative estimate of drug-likeness (QED) is 0.867. The van der Waals surface area contributed by atoms with Gasteiger partial charge in [0.05, 0.1) is 22.1 Å². The molecule has 5 nitrogen and oxygen atoms in total. The third kappa shape index (κ3) is 4.46. The summed E-state index contributed by atoms with van der Waals surface area (Å²) in [7, 11) is 0. The predicted molar refractivity (Wildman–Crippen MR) is 101 cm³/mol. The second-order valence-electron chi connectivity index (χ2n) is 6.62. The Balaban J connectivity index is 1.60. The predicted octanol–water partition coefficient (Wildman–Crippen LogP) is 3.50. The molecule has 2 amide bonds. The van der Waals surface area contributed by atoms with Gasteiger partial charge in [-0.15, -0.1) is 22.7 Å². The van der Waals surface area contributed by atoms with Crippen molar-refractivity contribution < 1.29 is 9.59 Å². The molecule has 1 N–H and O–H groups in total. The smallest absolute Gasteiger partial charge is 0.263 e. The number of carbonyl (C=O) groups excluding carboxylic acids is 2. The van der Waals surface area contributed by atoms with Gasteiger partial charge in [-0.1, -0.05) is 19.9 Å². The van der Waals surface area contributed by atoms with Crippen LogP contribution in [0.1, 0.15) is 53.0 Å². The Labute approximate surface area is 156 Å². The van der Waals surface area contributed by atoms with Crippen molar-refractivity contribution >= 4 is 34.5 Å². The molecule has 2 aromatic rings. The Morgan fingerprint density at radius 1 is 1.40 bits per heavy atom. The van der Waals surface area contributed by atoms with Gasteiger partial charge in [0.1, 0.15) is 0 Å². The maximum absolute atomic E-state index is 12.6. The summed E-state index contributed by atoms with van der Waals surface area (Å²) in [5, 5.41) is 7.92. The number of nitrogens with one attached hydrogen (secondary N) is 1. The number of carbonyl (C=O) groups is 2. The molecule has 3 heterocycles. The van der Waals surface area contributed by atoms with Gasteiger partial charge >= 0.3 is 0 Å². The fourth-order valence-electron chi connectivity index (χ4n) is 2.89. The van der Waals surface area contributed by atoms with Crippen molar-refractivity contribution in [3.63, 3.8) is 0 Å². The molecule has 134 valence electrons. The number of thiophene rings is 1. The van der Waals surface area contributed by atoms with Crippen LogP contribution in [-0.2, 0) is 11.3 Å². The first-order valence-corrected chi connectivity index (χ1v) is 10.4. The van der Waals surface area contributed by atoms with Crippen LogP contribution in [-0.4, -0.2) is 34.8 Å². The minimum Gasteiger partial charge on any atom is -0.350 e. The Morgan fingerprint density at radius 3 is 2.96 bits per heavy atom. The summed E-state index contributed by atoms with van der Waals surface area (Å²) in [6, 6.07) is 3.80. The van der Waals surface area contributed by atoms with Gasteiger partial charge in [-0.2, -0.15) is 0 Å². The van der Waals surface area contributed by atoms with E-state index in [9.17, 15) is 9.59 Å². The van der Waals surface area contributed by atoms with E-state index >= 15 is 0 Å². The number of rotatable bonds is 5. The molecule has 0 aliphatic carbocycles. The van der Waals surface area contributed by atoms with E-state index in [1.165, 1.54) is 11.3 Å². The van der Waals surface area contributed by atoms with E-state index in [0.717, 1.165) is 41.5 Å². The standard InChI is InChI=1S/C18H23N3O2S2/c1-12(2)16(22)19-9-14-11-25-17(20-14)13-5-3-7-21(10-13)18(23)15-6-4-8-24-15/h4,6,8,11-13H,3,5,7,9-10H2,1-2H3,(H,19,22). The van der Waals surface area contributed by atoms with E-state index in [1.807, 2.05) is 41.6 Å². The summed E-state index contributed by atoms with van der Waals surface area (Å²) in [5.41, 5.74) is 0.899. The lowest BCUT2D eigenvalue weighted by Crippen LogP contribution is -2.38. The summed E-state index contributed by atoms with van der Waals surface area (Å²) >= 11 is 3.12. The molecule has 0 aromatic carbocycles. The molecule has 3 rings (SSSR count). The highest BCUT2D eigenvalue weighted by Crippen LogP contribution is 2.30. The summed E-state index contributed by atoms with van der Waals surface area (Å²) in [4.78, 5) is 31.7. The van der Waals surface area contributed by atoms with Crippen molar-refractivity contribution in [3.05, 3.63) is 38.5 Å². The van der Waals surface area contributed by atoms with Crippen LogP contribution in [0.15, 0.2) is 22.9 Å². The molecule has 0 saturated carbocycles. The van der Waals surface area contributed by atoms with E-state index in [4.69, 9.17) is 4.98 Å². The Morgan fingerprint density at radius 2 is 2.24 bits per heavy atom. The van der Waals surface area contributed by atoms with Crippen LogP contribution in [0.5, 0.6) is 0 Å². The summed E-state index contributed by atoms with van der Waals surface area (Å²) < 4.78 is 0. The van der Waals surface area contributed by atoms with Crippen LogP contribution in [0.3, 0.4) is 0 Å². The molecule has 25 heavy (non-hydrogen) atoms. The third-order valence-corrected chi connectivity index (χ3v) is 6.24. The number of aromatic nitrogens is 1. The molecule has 2 aromatic heterocycles. The molecular formula is C18H23N3O2S2. The van der Waals surface area contributed by atoms with Crippen molar-refractivity contribution in [2.24, 2.45) is 5.92 Å². The topological polar surface area (TPSA) is 62.3 Å². The van der Waals surface area contributed by atoms with Gasteiger partial charge in [-0.3, -0.25) is 9.59 Å². The zero-order valence-corrected chi connectivity index (χ0v) is 16.2. The van der Waals surface area contributed by atoms with Gasteiger partial charge in [0, 0.05) is 30.3 Å². The van der Waals surface area contributed by atoms with Gasteiger partial charge < -0.3 is 10.2 Å². The molecule has 1 unspecified atom stereocenters. The van der Waals surface area contributed by atoms with E-state index in [2.05, 4.69) is 5.32 Å². The van der Waals surface area contributed by atoms with Crippen LogP contribution < -0.4 is 5.32 Å². The number of amides is 2. The van der Waals surface area contributed by atoms with E-state index < -0.39 is 0 Å². The molecule has 0 radical (unpaired) electrons. The molecule has 0 spiro atoms. The molecule has 0 bridgehead atoms. The van der Waals surface area contributed by atoms with Crippen molar-refractivity contribution in [2.45, 2.75) is 39.2 Å². The first kappa shape index (κ1) is 18.1. The molecule has 1 aliphatic rings. The maximum atomic E-state index is 12.6. The molecular weight excluding hydrogens is 354 g/mol. The number of likely N-dealkylation sites (tertiary alicyclic amines) is 1. The van der Waals surface area contributed by atoms with Gasteiger partial charge in [0.15, 0.2) is 0 Å². The number of hydrogen-bond acceptors (Lipinski definition) is 5. The first-order chi connectivity index (χ1) is 12.0. The Bertz CT molecular complexity index is 725. The third-order valence-electron chi connectivity index (χ3n) is 4.33. The SMILES string of the molecule is CC(C)C(=O)NCc1csc(C2CCCN(C(=O)c3cccs3)C2)n1. The minimum atomic E-state index is -0.0201. The monoisotopic (exact) mass is 377 g/mol. The van der Waals surface area contributed by atoms with E-state index in [-0.39, 0.29) is 23.7 Å². The largest absolute Gasteiger partial charge is 0.350 e. The van der Waals surface area contributed by atoms with Gasteiger partial charge in [0.2, 0.25) is 5.91 Å². The van der Waals surface area contributed by atoms with Crippen LogP contribution >= 0.6 is 22.7 Å². The highest BCUT2D eigenvalue weighted by atomic mass is 32.1. The lowest BCUT2D eigenvalue weighted by atomic mass is 9.98. The highest BCUT2D eigenvalue weighted by Gasteiger charge is 2.27. The average molecular weight is 378 g/mol. The van der Waals surface area contributed by atoms with Crippen molar-refractivity contribution in [3.8, 4) is 0 Å². The number of piperidine rings is 1. The minimum absolute atomic E-state index is 0.0201. The molecule has 1 fully saturated rings. The van der Waals surface area contributed by atoms with Crippen molar-refractivity contribution in [2.75, 3.05) is 13.1 Å². The lowest BCUT2D eigenvalue weighted by Gasteiger charge is -2.31. The summed E-state index contributed by atoms with van der Waals surface area (Å²) in [6.45, 7) is 5.77. The van der Waals surface area contributed by atoms with Crippen LogP contribution in [0.2, 0.25) is 0 Å². The van der Waals surface area contributed by atoms with E-state index in [0.29, 0.717) is 6.54 Å². The average Bonchev–Trinajstić information content (AvgIpc) is 3.30. The highest BCUT2D eigenvalue weighted by molar-refractivity contribution is 7.12. The number of hydrogen-bond donors (Lipinski definition) is 1. The second-order valence-corrected chi connectivity index (χ2v) is 8.45. The normalized spacial score (nSPS) is 17.7. The van der Waals surface area contributed by atoms with Crippen molar-refractivity contribution in [1.82, 2.24) is 15.2 Å². The van der Waals surface area contributed by atoms with Gasteiger partial charge in [-0.25, -0.2) is 4.98 Å². The Hall–Kier alpha value is -1.73. The van der Waals surface area contributed by atoms with Crippen molar-refractivity contribution in [1.29, 1.82) is 0 Å². The van der Waals surface area contributed by atoms with Crippen LogP contribution in [0.25, 0.3) is 0 Å². The summed E-state index contributed by atoms with van der Waals surface area (Å²) in [5.74, 6) is 0.436. The fraction of sp³-hybridized carbons (Fsp3) is 0.500. The number of thiazole rings is 1. The molecule has 7 heteroatoms.